The van der Waals surface area contributed by atoms with Crippen LogP contribution in [0.5, 0.6) is 0 Å². The number of rotatable bonds is 8. The average molecular weight is 530 g/mol. The SMILES string of the molecule is CCNC(=NCC(C)(C)Cc1ccccc1)N1CCC(OCC2CCCO2)CC1.I. The fourth-order valence-corrected chi connectivity index (χ4v) is 4.17. The minimum Gasteiger partial charge on any atom is -0.376 e. The molecule has 3 rings (SSSR count). The van der Waals surface area contributed by atoms with Gasteiger partial charge < -0.3 is 19.7 Å². The van der Waals surface area contributed by atoms with Crippen molar-refractivity contribution < 1.29 is 9.47 Å². The van der Waals surface area contributed by atoms with Crippen molar-refractivity contribution >= 4 is 29.9 Å². The molecule has 0 radical (unpaired) electrons. The van der Waals surface area contributed by atoms with Gasteiger partial charge in [0.2, 0.25) is 0 Å². The smallest absolute Gasteiger partial charge is 0.193 e. The van der Waals surface area contributed by atoms with Gasteiger partial charge in [0.15, 0.2) is 5.96 Å². The Balaban J connectivity index is 0.00000320. The van der Waals surface area contributed by atoms with Crippen LogP contribution in [0.15, 0.2) is 35.3 Å². The van der Waals surface area contributed by atoms with Crippen LogP contribution < -0.4 is 5.32 Å². The van der Waals surface area contributed by atoms with Crippen molar-refractivity contribution in [2.75, 3.05) is 39.4 Å². The van der Waals surface area contributed by atoms with Crippen molar-refractivity contribution in [3.8, 4) is 0 Å². The van der Waals surface area contributed by atoms with Crippen LogP contribution in [0, 0.1) is 5.41 Å². The molecule has 1 atom stereocenters. The quantitative estimate of drug-likeness (QED) is 0.306. The molecule has 1 aromatic carbocycles. The second kappa shape index (κ2) is 12.9. The molecule has 1 unspecified atom stereocenters. The molecule has 1 aromatic rings. The molecule has 2 fully saturated rings. The van der Waals surface area contributed by atoms with Crippen molar-refractivity contribution in [1.29, 1.82) is 0 Å². The first-order chi connectivity index (χ1) is 14.1. The first kappa shape index (κ1) is 25.4. The lowest BCUT2D eigenvalue weighted by atomic mass is 9.86. The largest absolute Gasteiger partial charge is 0.376 e. The molecule has 2 heterocycles. The molecule has 2 saturated heterocycles. The summed E-state index contributed by atoms with van der Waals surface area (Å²) in [5, 5.41) is 3.50. The standard InChI is InChI=1S/C24H39N3O2.HI/c1-4-25-23(26-19-24(2,3)17-20-9-6-5-7-10-20)27-14-12-21(13-15-27)29-18-22-11-8-16-28-22;/h5-7,9-10,21-22H,4,8,11-19H2,1-3H3,(H,25,26);1H. The van der Waals surface area contributed by atoms with E-state index in [0.717, 1.165) is 71.0 Å². The van der Waals surface area contributed by atoms with Crippen LogP contribution in [0.1, 0.15) is 52.0 Å². The molecular formula is C24H40IN3O2. The number of nitrogens with zero attached hydrogens (tertiary/aromatic N) is 2. The summed E-state index contributed by atoms with van der Waals surface area (Å²) < 4.78 is 11.8. The molecule has 2 aliphatic rings. The summed E-state index contributed by atoms with van der Waals surface area (Å²) in [5.74, 6) is 1.05. The van der Waals surface area contributed by atoms with Gasteiger partial charge in [0.25, 0.3) is 0 Å². The summed E-state index contributed by atoms with van der Waals surface area (Å²) in [4.78, 5) is 7.41. The van der Waals surface area contributed by atoms with E-state index in [9.17, 15) is 0 Å². The van der Waals surface area contributed by atoms with Gasteiger partial charge in [-0.05, 0) is 50.0 Å². The molecule has 5 nitrogen and oxygen atoms in total. The number of hydrogen-bond acceptors (Lipinski definition) is 3. The van der Waals surface area contributed by atoms with Crippen LogP contribution >= 0.6 is 24.0 Å². The number of piperidine rings is 1. The van der Waals surface area contributed by atoms with Gasteiger partial charge in [-0.3, -0.25) is 4.99 Å². The van der Waals surface area contributed by atoms with Crippen molar-refractivity contribution in [2.45, 2.75) is 65.1 Å². The third-order valence-electron chi connectivity index (χ3n) is 5.80. The predicted octanol–water partition coefficient (Wildman–Crippen LogP) is 4.50. The Morgan fingerprint density at radius 1 is 1.20 bits per heavy atom. The normalized spacial score (nSPS) is 20.8. The van der Waals surface area contributed by atoms with Gasteiger partial charge in [0, 0.05) is 32.8 Å². The Morgan fingerprint density at radius 2 is 1.93 bits per heavy atom. The molecule has 6 heteroatoms. The lowest BCUT2D eigenvalue weighted by Crippen LogP contribution is -2.47. The van der Waals surface area contributed by atoms with Gasteiger partial charge in [0.05, 0.1) is 18.8 Å². The number of likely N-dealkylation sites (tertiary alicyclic amines) is 1. The highest BCUT2D eigenvalue weighted by molar-refractivity contribution is 14.0. The Labute approximate surface area is 200 Å². The van der Waals surface area contributed by atoms with Crippen LogP contribution in [0.2, 0.25) is 0 Å². The summed E-state index contributed by atoms with van der Waals surface area (Å²) in [6, 6.07) is 10.7. The lowest BCUT2D eigenvalue weighted by molar-refractivity contribution is -0.0367. The summed E-state index contributed by atoms with van der Waals surface area (Å²) >= 11 is 0. The average Bonchev–Trinajstić information content (AvgIpc) is 3.24. The molecule has 1 N–H and O–H groups in total. The first-order valence-corrected chi connectivity index (χ1v) is 11.4. The zero-order chi connectivity index (χ0) is 20.5. The van der Waals surface area contributed by atoms with Gasteiger partial charge in [-0.2, -0.15) is 0 Å². The molecule has 0 aliphatic carbocycles. The van der Waals surface area contributed by atoms with E-state index in [1.807, 2.05) is 0 Å². The van der Waals surface area contributed by atoms with E-state index in [1.54, 1.807) is 0 Å². The molecular weight excluding hydrogens is 489 g/mol. The van der Waals surface area contributed by atoms with Gasteiger partial charge in [-0.1, -0.05) is 44.2 Å². The van der Waals surface area contributed by atoms with Crippen LogP contribution in [0.3, 0.4) is 0 Å². The highest BCUT2D eigenvalue weighted by atomic mass is 127. The summed E-state index contributed by atoms with van der Waals surface area (Å²) in [5.41, 5.74) is 1.51. The third kappa shape index (κ3) is 8.35. The molecule has 2 aliphatic heterocycles. The number of hydrogen-bond donors (Lipinski definition) is 1. The summed E-state index contributed by atoms with van der Waals surface area (Å²) in [6.45, 7) is 12.1. The maximum Gasteiger partial charge on any atom is 0.193 e. The summed E-state index contributed by atoms with van der Waals surface area (Å²) in [7, 11) is 0. The van der Waals surface area contributed by atoms with Gasteiger partial charge >= 0.3 is 0 Å². The number of ether oxygens (including phenoxy) is 2. The van der Waals surface area contributed by atoms with E-state index < -0.39 is 0 Å². The number of halogens is 1. The van der Waals surface area contributed by atoms with Crippen LogP contribution in [0.4, 0.5) is 0 Å². The van der Waals surface area contributed by atoms with E-state index in [4.69, 9.17) is 14.5 Å². The highest BCUT2D eigenvalue weighted by Gasteiger charge is 2.25. The number of guanidine groups is 1. The van der Waals surface area contributed by atoms with E-state index in [0.29, 0.717) is 12.2 Å². The molecule has 0 saturated carbocycles. The number of aliphatic imine (C=N–C) groups is 1. The van der Waals surface area contributed by atoms with Gasteiger partial charge in [-0.15, -0.1) is 24.0 Å². The van der Waals surface area contributed by atoms with Crippen molar-refractivity contribution in [2.24, 2.45) is 10.4 Å². The van der Waals surface area contributed by atoms with Crippen molar-refractivity contribution in [1.82, 2.24) is 10.2 Å². The molecule has 0 amide bonds. The number of nitrogens with one attached hydrogen (secondary N) is 1. The minimum atomic E-state index is 0. The molecule has 0 bridgehead atoms. The topological polar surface area (TPSA) is 46.1 Å². The Bertz CT molecular complexity index is 625. The second-order valence-corrected chi connectivity index (χ2v) is 9.15. The number of benzene rings is 1. The Kier molecular flexibility index (Phi) is 10.9. The monoisotopic (exact) mass is 529 g/mol. The van der Waals surface area contributed by atoms with Crippen molar-refractivity contribution in [3.63, 3.8) is 0 Å². The zero-order valence-electron chi connectivity index (χ0n) is 18.9. The summed E-state index contributed by atoms with van der Waals surface area (Å²) in [6.07, 6.45) is 6.15. The maximum atomic E-state index is 6.12. The van der Waals surface area contributed by atoms with Crippen LogP contribution in [-0.2, 0) is 15.9 Å². The maximum absolute atomic E-state index is 6.12. The lowest BCUT2D eigenvalue weighted by Gasteiger charge is -2.35. The predicted molar refractivity (Wildman–Crippen MR) is 135 cm³/mol. The fraction of sp³-hybridized carbons (Fsp3) is 0.708. The van der Waals surface area contributed by atoms with Crippen molar-refractivity contribution in [3.05, 3.63) is 35.9 Å². The molecule has 170 valence electrons. The molecule has 30 heavy (non-hydrogen) atoms. The van der Waals surface area contributed by atoms with E-state index in [2.05, 4.69) is 61.3 Å². The first-order valence-electron chi connectivity index (χ1n) is 11.4. The molecule has 0 spiro atoms. The third-order valence-corrected chi connectivity index (χ3v) is 5.80. The van der Waals surface area contributed by atoms with Gasteiger partial charge in [0.1, 0.15) is 0 Å². The Morgan fingerprint density at radius 3 is 2.57 bits per heavy atom. The van der Waals surface area contributed by atoms with E-state index >= 15 is 0 Å². The van der Waals surface area contributed by atoms with Crippen LogP contribution in [0.25, 0.3) is 0 Å². The van der Waals surface area contributed by atoms with Gasteiger partial charge in [-0.25, -0.2) is 0 Å². The highest BCUT2D eigenvalue weighted by Crippen LogP contribution is 2.23. The minimum absolute atomic E-state index is 0. The second-order valence-electron chi connectivity index (χ2n) is 9.15. The Hall–Kier alpha value is -0.860. The molecule has 0 aromatic heterocycles. The fourth-order valence-electron chi connectivity index (χ4n) is 4.17. The van der Waals surface area contributed by atoms with E-state index in [1.165, 1.54) is 12.0 Å². The van der Waals surface area contributed by atoms with Crippen LogP contribution in [-0.4, -0.2) is 62.5 Å². The zero-order valence-corrected chi connectivity index (χ0v) is 21.3. The van der Waals surface area contributed by atoms with E-state index in [-0.39, 0.29) is 29.4 Å².